The van der Waals surface area contributed by atoms with Gasteiger partial charge in [-0.3, -0.25) is 9.36 Å². The van der Waals surface area contributed by atoms with E-state index in [4.69, 9.17) is 4.74 Å². The summed E-state index contributed by atoms with van der Waals surface area (Å²) in [5.74, 6) is -2.78. The van der Waals surface area contributed by atoms with E-state index in [1.165, 1.54) is 6.92 Å². The molecule has 31 heavy (non-hydrogen) atoms. The van der Waals surface area contributed by atoms with Crippen LogP contribution in [-0.4, -0.2) is 27.4 Å². The first-order valence-corrected chi connectivity index (χ1v) is 9.60. The van der Waals surface area contributed by atoms with Gasteiger partial charge in [-0.05, 0) is 62.4 Å². The number of aryl methyl sites for hydroxylation is 1. The number of fused-ring (bicyclic) bond motifs is 1. The molecule has 0 N–H and O–H groups in total. The fourth-order valence-corrected chi connectivity index (χ4v) is 3.40. The van der Waals surface area contributed by atoms with Crippen LogP contribution in [-0.2, 0) is 4.74 Å². The van der Waals surface area contributed by atoms with Crippen LogP contribution < -0.4 is 0 Å². The number of Topliss-reactive ketones (excluding diaryl/α,β-unsaturated/α-hetero) is 1. The Kier molecular flexibility index (Phi) is 5.33. The van der Waals surface area contributed by atoms with Gasteiger partial charge in [0.25, 0.3) is 0 Å². The second-order valence-electron chi connectivity index (χ2n) is 7.07. The number of esters is 1. The third kappa shape index (κ3) is 3.94. The van der Waals surface area contributed by atoms with Crippen LogP contribution in [0.15, 0.2) is 66.7 Å². The van der Waals surface area contributed by atoms with Gasteiger partial charge in [0, 0.05) is 11.3 Å². The van der Waals surface area contributed by atoms with Crippen molar-refractivity contribution in [1.29, 1.82) is 0 Å². The van der Waals surface area contributed by atoms with Crippen molar-refractivity contribution in [2.24, 2.45) is 0 Å². The molecule has 1 aromatic heterocycles. The maximum absolute atomic E-state index is 13.4. The molecule has 7 heteroatoms. The molecule has 1 heterocycles. The molecule has 0 aliphatic heterocycles. The molecular formula is C24H18F2N2O3. The maximum atomic E-state index is 13.4. The number of nitrogens with zero attached hydrogens (tertiary/aromatic N) is 2. The van der Waals surface area contributed by atoms with Crippen LogP contribution in [0.5, 0.6) is 0 Å². The summed E-state index contributed by atoms with van der Waals surface area (Å²) in [5, 5.41) is 0. The van der Waals surface area contributed by atoms with Crippen LogP contribution in [0.4, 0.5) is 8.78 Å². The van der Waals surface area contributed by atoms with Crippen LogP contribution in [0.25, 0.3) is 16.7 Å². The molecule has 0 amide bonds. The summed E-state index contributed by atoms with van der Waals surface area (Å²) in [6.45, 7) is 3.25. The standard InChI is InChI=1S/C24H18F2N2O3/c1-14(23(29)16-8-10-19(25)20(26)12-16)31-24(30)17-9-11-22-21(13-17)27-15(2)28(22)18-6-4-3-5-7-18/h3-14H,1-2H3/t14-/m1/s1. The summed E-state index contributed by atoms with van der Waals surface area (Å²) in [4.78, 5) is 29.5. The highest BCUT2D eigenvalue weighted by Crippen LogP contribution is 2.23. The zero-order chi connectivity index (χ0) is 22.1. The number of aromatic nitrogens is 2. The Bertz CT molecular complexity index is 1300. The molecule has 4 rings (SSSR count). The number of benzene rings is 3. The summed E-state index contributed by atoms with van der Waals surface area (Å²) in [7, 11) is 0. The predicted octanol–water partition coefficient (Wildman–Crippen LogP) is 5.04. The van der Waals surface area contributed by atoms with Crippen molar-refractivity contribution < 1.29 is 23.1 Å². The van der Waals surface area contributed by atoms with E-state index >= 15 is 0 Å². The number of rotatable bonds is 5. The average molecular weight is 420 g/mol. The number of halogens is 2. The summed E-state index contributed by atoms with van der Waals surface area (Å²) in [6, 6.07) is 17.5. The predicted molar refractivity (Wildman–Crippen MR) is 111 cm³/mol. The van der Waals surface area contributed by atoms with Crippen molar-refractivity contribution in [3.8, 4) is 5.69 Å². The van der Waals surface area contributed by atoms with E-state index in [9.17, 15) is 18.4 Å². The minimum Gasteiger partial charge on any atom is -0.451 e. The van der Waals surface area contributed by atoms with Crippen molar-refractivity contribution in [1.82, 2.24) is 9.55 Å². The topological polar surface area (TPSA) is 61.2 Å². The number of carbonyl (C=O) groups excluding carboxylic acids is 2. The zero-order valence-electron chi connectivity index (χ0n) is 16.8. The van der Waals surface area contributed by atoms with Gasteiger partial charge in [-0.1, -0.05) is 18.2 Å². The number of ketones is 1. The number of hydrogen-bond donors (Lipinski definition) is 0. The summed E-state index contributed by atoms with van der Waals surface area (Å²) < 4.78 is 33.7. The van der Waals surface area contributed by atoms with Gasteiger partial charge >= 0.3 is 5.97 Å². The largest absolute Gasteiger partial charge is 0.451 e. The molecule has 0 spiro atoms. The molecule has 0 aliphatic carbocycles. The van der Waals surface area contributed by atoms with Crippen molar-refractivity contribution in [2.45, 2.75) is 20.0 Å². The maximum Gasteiger partial charge on any atom is 0.338 e. The lowest BCUT2D eigenvalue weighted by atomic mass is 10.1. The van der Waals surface area contributed by atoms with E-state index < -0.39 is 29.5 Å². The summed E-state index contributed by atoms with van der Waals surface area (Å²) >= 11 is 0. The third-order valence-corrected chi connectivity index (χ3v) is 4.93. The van der Waals surface area contributed by atoms with Crippen LogP contribution in [0, 0.1) is 18.6 Å². The van der Waals surface area contributed by atoms with Gasteiger partial charge in [-0.2, -0.15) is 0 Å². The first-order valence-electron chi connectivity index (χ1n) is 9.60. The average Bonchev–Trinajstić information content (AvgIpc) is 3.10. The first-order chi connectivity index (χ1) is 14.8. The van der Waals surface area contributed by atoms with E-state index in [0.29, 0.717) is 5.52 Å². The van der Waals surface area contributed by atoms with Crippen molar-refractivity contribution in [3.63, 3.8) is 0 Å². The highest BCUT2D eigenvalue weighted by atomic mass is 19.2. The Hall–Kier alpha value is -3.87. The monoisotopic (exact) mass is 420 g/mol. The van der Waals surface area contributed by atoms with Gasteiger partial charge in [0.2, 0.25) is 5.78 Å². The highest BCUT2D eigenvalue weighted by molar-refractivity contribution is 6.02. The van der Waals surface area contributed by atoms with E-state index in [2.05, 4.69) is 4.98 Å². The SMILES string of the molecule is Cc1nc2cc(C(=O)O[C@H](C)C(=O)c3ccc(F)c(F)c3)ccc2n1-c1ccccc1. The molecule has 4 aromatic rings. The second kappa shape index (κ2) is 8.10. The van der Waals surface area contributed by atoms with Gasteiger partial charge in [0.1, 0.15) is 5.82 Å². The Morgan fingerprint density at radius 2 is 1.65 bits per heavy atom. The molecule has 3 aromatic carbocycles. The smallest absolute Gasteiger partial charge is 0.338 e. The Morgan fingerprint density at radius 3 is 2.35 bits per heavy atom. The number of hydrogen-bond acceptors (Lipinski definition) is 4. The van der Waals surface area contributed by atoms with E-state index in [1.54, 1.807) is 18.2 Å². The zero-order valence-corrected chi connectivity index (χ0v) is 16.8. The number of ether oxygens (including phenoxy) is 1. The fourth-order valence-electron chi connectivity index (χ4n) is 3.40. The minimum absolute atomic E-state index is 0.0770. The third-order valence-electron chi connectivity index (χ3n) is 4.93. The highest BCUT2D eigenvalue weighted by Gasteiger charge is 2.22. The van der Waals surface area contributed by atoms with E-state index in [-0.39, 0.29) is 11.1 Å². The van der Waals surface area contributed by atoms with Crippen LogP contribution in [0.3, 0.4) is 0 Å². The van der Waals surface area contributed by atoms with Gasteiger partial charge in [0.15, 0.2) is 17.7 Å². The molecule has 1 atom stereocenters. The molecule has 0 saturated carbocycles. The number of para-hydroxylation sites is 1. The van der Waals surface area contributed by atoms with Gasteiger partial charge in [-0.15, -0.1) is 0 Å². The molecular weight excluding hydrogens is 402 g/mol. The first kappa shape index (κ1) is 20.4. The Balaban J connectivity index is 1.56. The molecule has 0 fully saturated rings. The summed E-state index contributed by atoms with van der Waals surface area (Å²) in [5.41, 5.74) is 2.53. The molecule has 0 unspecified atom stereocenters. The van der Waals surface area contributed by atoms with Crippen molar-refractivity contribution in [3.05, 3.63) is 95.3 Å². The second-order valence-corrected chi connectivity index (χ2v) is 7.07. The Morgan fingerprint density at radius 1 is 0.935 bits per heavy atom. The lowest BCUT2D eigenvalue weighted by Crippen LogP contribution is -2.24. The Labute approximate surface area is 176 Å². The van der Waals surface area contributed by atoms with Crippen LogP contribution >= 0.6 is 0 Å². The minimum atomic E-state index is -1.17. The fraction of sp³-hybridized carbons (Fsp3) is 0.125. The van der Waals surface area contributed by atoms with Gasteiger partial charge < -0.3 is 4.74 Å². The molecule has 156 valence electrons. The number of carbonyl (C=O) groups is 2. The molecule has 0 aliphatic rings. The molecule has 5 nitrogen and oxygen atoms in total. The quantitative estimate of drug-likeness (QED) is 0.335. The molecule has 0 saturated heterocycles. The molecule has 0 bridgehead atoms. The van der Waals surface area contributed by atoms with Crippen LogP contribution in [0.1, 0.15) is 33.5 Å². The lowest BCUT2D eigenvalue weighted by molar-refractivity contribution is 0.0319. The van der Waals surface area contributed by atoms with E-state index in [1.807, 2.05) is 41.8 Å². The van der Waals surface area contributed by atoms with Crippen LogP contribution in [0.2, 0.25) is 0 Å². The summed E-state index contributed by atoms with van der Waals surface area (Å²) in [6.07, 6.45) is -1.17. The number of imidazole rings is 1. The van der Waals surface area contributed by atoms with Crippen molar-refractivity contribution in [2.75, 3.05) is 0 Å². The van der Waals surface area contributed by atoms with E-state index in [0.717, 1.165) is 35.2 Å². The molecule has 0 radical (unpaired) electrons. The van der Waals surface area contributed by atoms with Crippen molar-refractivity contribution >= 4 is 22.8 Å². The van der Waals surface area contributed by atoms with Gasteiger partial charge in [-0.25, -0.2) is 18.6 Å². The lowest BCUT2D eigenvalue weighted by Gasteiger charge is -2.13. The normalized spacial score (nSPS) is 12.0. The van der Waals surface area contributed by atoms with Gasteiger partial charge in [0.05, 0.1) is 16.6 Å².